The van der Waals surface area contributed by atoms with Crippen molar-refractivity contribution in [1.82, 2.24) is 5.32 Å². The van der Waals surface area contributed by atoms with Gasteiger partial charge < -0.3 is 9.73 Å². The van der Waals surface area contributed by atoms with E-state index in [9.17, 15) is 0 Å². The van der Waals surface area contributed by atoms with Crippen LogP contribution in [0.25, 0.3) is 10.1 Å². The molecule has 1 unspecified atom stereocenters. The predicted molar refractivity (Wildman–Crippen MR) is 85.4 cm³/mol. The SMILES string of the molecule is Cc1c(C(C)NCCc2ccco2)sc2ccccc12. The largest absolute Gasteiger partial charge is 0.469 e. The summed E-state index contributed by atoms with van der Waals surface area (Å²) in [7, 11) is 0. The molecule has 3 aromatic rings. The molecule has 0 fully saturated rings. The van der Waals surface area contributed by atoms with E-state index in [2.05, 4.69) is 43.4 Å². The molecule has 3 heteroatoms. The summed E-state index contributed by atoms with van der Waals surface area (Å²) in [6.45, 7) is 5.39. The highest BCUT2D eigenvalue weighted by Gasteiger charge is 2.13. The van der Waals surface area contributed by atoms with Crippen LogP contribution in [0.5, 0.6) is 0 Å². The zero-order valence-corrected chi connectivity index (χ0v) is 12.7. The second-order valence-electron chi connectivity index (χ2n) is 5.09. The smallest absolute Gasteiger partial charge is 0.105 e. The Morgan fingerprint density at radius 3 is 2.80 bits per heavy atom. The van der Waals surface area contributed by atoms with Crippen LogP contribution < -0.4 is 5.32 Å². The summed E-state index contributed by atoms with van der Waals surface area (Å²) in [5.41, 5.74) is 1.41. The molecular weight excluding hydrogens is 266 g/mol. The fraction of sp³-hybridized carbons (Fsp3) is 0.294. The summed E-state index contributed by atoms with van der Waals surface area (Å²) >= 11 is 1.89. The molecule has 2 heterocycles. The fourth-order valence-electron chi connectivity index (χ4n) is 2.57. The summed E-state index contributed by atoms with van der Waals surface area (Å²) < 4.78 is 6.73. The number of hydrogen-bond donors (Lipinski definition) is 1. The molecule has 1 aromatic carbocycles. The molecule has 0 aliphatic rings. The van der Waals surface area contributed by atoms with E-state index in [1.54, 1.807) is 6.26 Å². The van der Waals surface area contributed by atoms with Crippen LogP contribution in [-0.2, 0) is 6.42 Å². The maximum absolute atomic E-state index is 5.36. The molecule has 0 radical (unpaired) electrons. The number of aryl methyl sites for hydroxylation is 1. The fourth-order valence-corrected chi connectivity index (χ4v) is 3.80. The van der Waals surface area contributed by atoms with Crippen LogP contribution in [0.15, 0.2) is 47.1 Å². The van der Waals surface area contributed by atoms with Crippen LogP contribution in [0, 0.1) is 6.92 Å². The second kappa shape index (κ2) is 5.81. The van der Waals surface area contributed by atoms with Gasteiger partial charge in [-0.2, -0.15) is 0 Å². The van der Waals surface area contributed by atoms with Gasteiger partial charge in [0, 0.05) is 28.6 Å². The highest BCUT2D eigenvalue weighted by Crippen LogP contribution is 2.34. The number of thiophene rings is 1. The molecule has 3 rings (SSSR count). The third-order valence-corrected chi connectivity index (χ3v) is 5.13. The number of nitrogens with one attached hydrogen (secondary N) is 1. The lowest BCUT2D eigenvalue weighted by molar-refractivity contribution is 0.487. The number of furan rings is 1. The highest BCUT2D eigenvalue weighted by molar-refractivity contribution is 7.19. The van der Waals surface area contributed by atoms with Crippen LogP contribution in [0.2, 0.25) is 0 Å². The molecule has 1 atom stereocenters. The minimum Gasteiger partial charge on any atom is -0.469 e. The first-order valence-electron chi connectivity index (χ1n) is 6.99. The van der Waals surface area contributed by atoms with Gasteiger partial charge in [-0.1, -0.05) is 18.2 Å². The lowest BCUT2D eigenvalue weighted by Gasteiger charge is -2.12. The third-order valence-electron chi connectivity index (χ3n) is 3.68. The summed E-state index contributed by atoms with van der Waals surface area (Å²) in [6.07, 6.45) is 2.66. The van der Waals surface area contributed by atoms with Gasteiger partial charge in [0.25, 0.3) is 0 Å². The zero-order valence-electron chi connectivity index (χ0n) is 11.8. The molecule has 20 heavy (non-hydrogen) atoms. The first kappa shape index (κ1) is 13.4. The minimum atomic E-state index is 0.377. The van der Waals surface area contributed by atoms with Gasteiger partial charge in [-0.15, -0.1) is 11.3 Å². The molecule has 0 amide bonds. The first-order valence-corrected chi connectivity index (χ1v) is 7.81. The minimum absolute atomic E-state index is 0.377. The lowest BCUT2D eigenvalue weighted by Crippen LogP contribution is -2.21. The molecule has 104 valence electrons. The van der Waals surface area contributed by atoms with Crippen molar-refractivity contribution in [2.24, 2.45) is 0 Å². The molecule has 2 aromatic heterocycles. The van der Waals surface area contributed by atoms with Gasteiger partial charge >= 0.3 is 0 Å². The van der Waals surface area contributed by atoms with Crippen LogP contribution in [0.1, 0.15) is 29.2 Å². The summed E-state index contributed by atoms with van der Waals surface area (Å²) in [4.78, 5) is 1.44. The van der Waals surface area contributed by atoms with Crippen molar-refractivity contribution >= 4 is 21.4 Å². The summed E-state index contributed by atoms with van der Waals surface area (Å²) in [5.74, 6) is 1.04. The number of benzene rings is 1. The third kappa shape index (κ3) is 2.65. The average molecular weight is 285 g/mol. The number of hydrogen-bond acceptors (Lipinski definition) is 3. The summed E-state index contributed by atoms with van der Waals surface area (Å²) in [5, 5.41) is 4.97. The van der Waals surface area contributed by atoms with Gasteiger partial charge in [0.05, 0.1) is 6.26 Å². The Bertz CT molecular complexity index is 684. The van der Waals surface area contributed by atoms with E-state index in [4.69, 9.17) is 4.42 Å². The van der Waals surface area contributed by atoms with E-state index in [0.29, 0.717) is 6.04 Å². The Balaban J connectivity index is 1.69. The molecule has 0 bridgehead atoms. The Kier molecular flexibility index (Phi) is 3.90. The van der Waals surface area contributed by atoms with E-state index in [0.717, 1.165) is 18.7 Å². The monoisotopic (exact) mass is 285 g/mol. The van der Waals surface area contributed by atoms with E-state index in [1.807, 2.05) is 23.5 Å². The number of fused-ring (bicyclic) bond motifs is 1. The van der Waals surface area contributed by atoms with E-state index in [-0.39, 0.29) is 0 Å². The van der Waals surface area contributed by atoms with Gasteiger partial charge in [0.1, 0.15) is 5.76 Å². The Morgan fingerprint density at radius 1 is 1.20 bits per heavy atom. The molecular formula is C17H19NOS. The Morgan fingerprint density at radius 2 is 2.05 bits per heavy atom. The summed E-state index contributed by atoms with van der Waals surface area (Å²) in [6, 6.07) is 13.0. The van der Waals surface area contributed by atoms with E-state index in [1.165, 1.54) is 20.5 Å². The zero-order chi connectivity index (χ0) is 13.9. The Labute approximate surface area is 123 Å². The van der Waals surface area contributed by atoms with Gasteiger partial charge in [0.15, 0.2) is 0 Å². The van der Waals surface area contributed by atoms with Crippen molar-refractivity contribution in [1.29, 1.82) is 0 Å². The van der Waals surface area contributed by atoms with E-state index >= 15 is 0 Å². The van der Waals surface area contributed by atoms with Crippen molar-refractivity contribution in [3.63, 3.8) is 0 Å². The van der Waals surface area contributed by atoms with Crippen molar-refractivity contribution in [2.45, 2.75) is 26.3 Å². The molecule has 2 nitrogen and oxygen atoms in total. The van der Waals surface area contributed by atoms with Gasteiger partial charge in [-0.25, -0.2) is 0 Å². The number of rotatable bonds is 5. The van der Waals surface area contributed by atoms with Crippen molar-refractivity contribution in [3.8, 4) is 0 Å². The van der Waals surface area contributed by atoms with Crippen LogP contribution >= 0.6 is 11.3 Å². The van der Waals surface area contributed by atoms with Crippen molar-refractivity contribution in [3.05, 3.63) is 58.9 Å². The van der Waals surface area contributed by atoms with Crippen LogP contribution in [0.3, 0.4) is 0 Å². The van der Waals surface area contributed by atoms with Gasteiger partial charge in [0.2, 0.25) is 0 Å². The maximum Gasteiger partial charge on any atom is 0.105 e. The molecule has 0 aliphatic heterocycles. The second-order valence-corrected chi connectivity index (χ2v) is 6.18. The molecule has 0 saturated carbocycles. The molecule has 1 N–H and O–H groups in total. The average Bonchev–Trinajstić information content (AvgIpc) is 3.08. The molecule has 0 aliphatic carbocycles. The van der Waals surface area contributed by atoms with Crippen LogP contribution in [0.4, 0.5) is 0 Å². The lowest BCUT2D eigenvalue weighted by atomic mass is 10.1. The topological polar surface area (TPSA) is 25.2 Å². The Hall–Kier alpha value is -1.58. The first-order chi connectivity index (χ1) is 9.75. The quantitative estimate of drug-likeness (QED) is 0.735. The molecule has 0 saturated heterocycles. The standard InChI is InChI=1S/C17H19NOS/c1-12-15-7-3-4-8-16(15)20-17(12)13(2)18-10-9-14-6-5-11-19-14/h3-8,11,13,18H,9-10H2,1-2H3. The highest BCUT2D eigenvalue weighted by atomic mass is 32.1. The molecule has 0 spiro atoms. The maximum atomic E-state index is 5.36. The predicted octanol–water partition coefficient (Wildman–Crippen LogP) is 4.70. The van der Waals surface area contributed by atoms with E-state index < -0.39 is 0 Å². The van der Waals surface area contributed by atoms with Crippen LogP contribution in [-0.4, -0.2) is 6.54 Å². The van der Waals surface area contributed by atoms with Gasteiger partial charge in [-0.3, -0.25) is 0 Å². The normalized spacial score (nSPS) is 12.9. The van der Waals surface area contributed by atoms with Gasteiger partial charge in [-0.05, 0) is 43.0 Å². The van der Waals surface area contributed by atoms with Crippen molar-refractivity contribution in [2.75, 3.05) is 6.54 Å². The van der Waals surface area contributed by atoms with Crippen molar-refractivity contribution < 1.29 is 4.42 Å².